The van der Waals surface area contributed by atoms with Crippen LogP contribution in [0.15, 0.2) is 6.07 Å². The molecule has 18 heavy (non-hydrogen) atoms. The SMILES string of the molecule is CSC1(CNc2nc(C)cc(C)c2C(N)=S)CC1. The largest absolute Gasteiger partial charge is 0.389 e. The molecule has 1 aliphatic rings. The minimum absolute atomic E-state index is 0.396. The van der Waals surface area contributed by atoms with Crippen LogP contribution in [0.1, 0.15) is 29.7 Å². The molecular formula is C13H19N3S2. The molecule has 0 bridgehead atoms. The summed E-state index contributed by atoms with van der Waals surface area (Å²) < 4.78 is 0.396. The minimum Gasteiger partial charge on any atom is -0.389 e. The van der Waals surface area contributed by atoms with Crippen molar-refractivity contribution >= 4 is 34.8 Å². The Labute approximate surface area is 118 Å². The first kappa shape index (κ1) is 13.6. The number of anilines is 1. The Bertz CT molecular complexity index is 481. The first-order chi connectivity index (χ1) is 8.47. The summed E-state index contributed by atoms with van der Waals surface area (Å²) in [5.74, 6) is 0.834. The second-order valence-electron chi connectivity index (χ2n) is 4.91. The maximum Gasteiger partial charge on any atom is 0.136 e. The number of nitrogens with one attached hydrogen (secondary N) is 1. The van der Waals surface area contributed by atoms with Crippen LogP contribution in [0, 0.1) is 13.8 Å². The zero-order chi connectivity index (χ0) is 13.3. The lowest BCUT2D eigenvalue weighted by molar-refractivity contribution is 0.936. The van der Waals surface area contributed by atoms with Gasteiger partial charge in [-0.25, -0.2) is 4.98 Å². The molecule has 0 radical (unpaired) electrons. The van der Waals surface area contributed by atoms with Crippen LogP contribution < -0.4 is 11.1 Å². The predicted molar refractivity (Wildman–Crippen MR) is 83.6 cm³/mol. The Morgan fingerprint density at radius 3 is 2.72 bits per heavy atom. The number of nitrogens with two attached hydrogens (primary N) is 1. The topological polar surface area (TPSA) is 50.9 Å². The first-order valence-electron chi connectivity index (χ1n) is 6.04. The number of aromatic nitrogens is 1. The molecule has 0 spiro atoms. The molecule has 0 unspecified atom stereocenters. The molecule has 0 aliphatic heterocycles. The van der Waals surface area contributed by atoms with Crippen LogP contribution in [-0.2, 0) is 0 Å². The van der Waals surface area contributed by atoms with Crippen molar-refractivity contribution in [1.82, 2.24) is 4.98 Å². The third-order valence-corrected chi connectivity index (χ3v) is 5.03. The molecule has 3 nitrogen and oxygen atoms in total. The zero-order valence-electron chi connectivity index (χ0n) is 11.0. The minimum atomic E-state index is 0.396. The number of rotatable bonds is 5. The standard InChI is InChI=1S/C13H19N3S2/c1-8-6-9(2)16-12(10(8)11(14)17)15-7-13(18-3)4-5-13/h6H,4-5,7H2,1-3H3,(H2,14,17)(H,15,16). The maximum atomic E-state index is 5.80. The molecule has 1 aromatic heterocycles. The van der Waals surface area contributed by atoms with E-state index in [-0.39, 0.29) is 0 Å². The number of thiocarbonyl (C=S) groups is 1. The lowest BCUT2D eigenvalue weighted by Gasteiger charge is -2.17. The molecule has 1 aliphatic carbocycles. The summed E-state index contributed by atoms with van der Waals surface area (Å²) >= 11 is 7.05. The molecule has 1 saturated carbocycles. The number of hydrogen-bond donors (Lipinski definition) is 2. The van der Waals surface area contributed by atoms with Gasteiger partial charge in [-0.2, -0.15) is 11.8 Å². The number of nitrogens with zero attached hydrogens (tertiary/aromatic N) is 1. The van der Waals surface area contributed by atoms with Gasteiger partial charge in [0, 0.05) is 17.0 Å². The van der Waals surface area contributed by atoms with Gasteiger partial charge in [0.05, 0.1) is 5.56 Å². The average molecular weight is 281 g/mol. The molecule has 0 aromatic carbocycles. The van der Waals surface area contributed by atoms with Crippen LogP contribution >= 0.6 is 24.0 Å². The summed E-state index contributed by atoms with van der Waals surface area (Å²) in [6.07, 6.45) is 4.71. The average Bonchev–Trinajstić information content (AvgIpc) is 3.05. The number of aryl methyl sites for hydroxylation is 2. The van der Waals surface area contributed by atoms with Crippen LogP contribution in [0.5, 0.6) is 0 Å². The second-order valence-corrected chi connectivity index (χ2v) is 6.62. The number of hydrogen-bond acceptors (Lipinski definition) is 4. The molecule has 1 heterocycles. The van der Waals surface area contributed by atoms with Crippen molar-refractivity contribution in [2.75, 3.05) is 18.1 Å². The fourth-order valence-corrected chi connectivity index (χ4v) is 3.10. The summed E-state index contributed by atoms with van der Waals surface area (Å²) in [7, 11) is 0. The fourth-order valence-electron chi connectivity index (χ4n) is 2.11. The molecule has 0 amide bonds. The van der Waals surface area contributed by atoms with Crippen molar-refractivity contribution < 1.29 is 0 Å². The summed E-state index contributed by atoms with van der Waals surface area (Å²) in [4.78, 5) is 4.95. The third-order valence-electron chi connectivity index (χ3n) is 3.41. The lowest BCUT2D eigenvalue weighted by atomic mass is 10.1. The van der Waals surface area contributed by atoms with Gasteiger partial charge in [0.15, 0.2) is 0 Å². The molecule has 5 heteroatoms. The number of thioether (sulfide) groups is 1. The van der Waals surface area contributed by atoms with Gasteiger partial charge in [-0.05, 0) is 44.6 Å². The molecule has 2 rings (SSSR count). The zero-order valence-corrected chi connectivity index (χ0v) is 12.7. The van der Waals surface area contributed by atoms with Gasteiger partial charge in [-0.3, -0.25) is 0 Å². The van der Waals surface area contributed by atoms with Crippen LogP contribution in [0.4, 0.5) is 5.82 Å². The van der Waals surface area contributed by atoms with Crippen molar-refractivity contribution in [2.45, 2.75) is 31.4 Å². The molecule has 98 valence electrons. The van der Waals surface area contributed by atoms with Crippen LogP contribution in [0.3, 0.4) is 0 Å². The highest BCUT2D eigenvalue weighted by molar-refractivity contribution is 8.00. The van der Waals surface area contributed by atoms with E-state index in [1.165, 1.54) is 12.8 Å². The second kappa shape index (κ2) is 5.05. The quantitative estimate of drug-likeness (QED) is 0.813. The number of pyridine rings is 1. The maximum absolute atomic E-state index is 5.80. The Kier molecular flexibility index (Phi) is 3.82. The van der Waals surface area contributed by atoms with Gasteiger partial charge >= 0.3 is 0 Å². The lowest BCUT2D eigenvalue weighted by Crippen LogP contribution is -2.22. The van der Waals surface area contributed by atoms with E-state index in [1.807, 2.05) is 31.7 Å². The summed E-state index contributed by atoms with van der Waals surface area (Å²) in [5, 5.41) is 3.43. The summed E-state index contributed by atoms with van der Waals surface area (Å²) in [6.45, 7) is 4.94. The van der Waals surface area contributed by atoms with E-state index in [0.717, 1.165) is 29.2 Å². The normalized spacial score (nSPS) is 16.4. The van der Waals surface area contributed by atoms with Gasteiger partial charge in [0.1, 0.15) is 10.8 Å². The van der Waals surface area contributed by atoms with E-state index in [2.05, 4.69) is 16.6 Å². The molecule has 3 N–H and O–H groups in total. The van der Waals surface area contributed by atoms with Gasteiger partial charge in [0.2, 0.25) is 0 Å². The smallest absolute Gasteiger partial charge is 0.136 e. The highest BCUT2D eigenvalue weighted by atomic mass is 32.2. The molecule has 1 aromatic rings. The van der Waals surface area contributed by atoms with E-state index < -0.39 is 0 Å². The Morgan fingerprint density at radius 1 is 1.56 bits per heavy atom. The van der Waals surface area contributed by atoms with Crippen LogP contribution in [0.2, 0.25) is 0 Å². The molecule has 0 atom stereocenters. The fraction of sp³-hybridized carbons (Fsp3) is 0.538. The monoisotopic (exact) mass is 281 g/mol. The Hall–Kier alpha value is -0.810. The Morgan fingerprint density at radius 2 is 2.22 bits per heavy atom. The van der Waals surface area contributed by atoms with Crippen LogP contribution in [0.25, 0.3) is 0 Å². The van der Waals surface area contributed by atoms with E-state index in [1.54, 1.807) is 0 Å². The van der Waals surface area contributed by atoms with Gasteiger partial charge < -0.3 is 11.1 Å². The summed E-state index contributed by atoms with van der Waals surface area (Å²) in [5.41, 5.74) is 8.76. The first-order valence-corrected chi connectivity index (χ1v) is 7.68. The van der Waals surface area contributed by atoms with E-state index in [9.17, 15) is 0 Å². The molecular weight excluding hydrogens is 262 g/mol. The van der Waals surface area contributed by atoms with Crippen molar-refractivity contribution in [2.24, 2.45) is 5.73 Å². The molecule has 0 saturated heterocycles. The highest BCUT2D eigenvalue weighted by Gasteiger charge is 2.41. The van der Waals surface area contributed by atoms with Gasteiger partial charge in [0.25, 0.3) is 0 Å². The predicted octanol–water partition coefficient (Wildman–Crippen LogP) is 2.64. The van der Waals surface area contributed by atoms with Crippen molar-refractivity contribution in [3.8, 4) is 0 Å². The van der Waals surface area contributed by atoms with Gasteiger partial charge in [-0.15, -0.1) is 0 Å². The van der Waals surface area contributed by atoms with Crippen molar-refractivity contribution in [3.05, 3.63) is 22.9 Å². The third kappa shape index (κ3) is 2.78. The van der Waals surface area contributed by atoms with E-state index in [4.69, 9.17) is 18.0 Å². The van der Waals surface area contributed by atoms with Crippen molar-refractivity contribution in [1.29, 1.82) is 0 Å². The highest BCUT2D eigenvalue weighted by Crippen LogP contribution is 2.47. The summed E-state index contributed by atoms with van der Waals surface area (Å²) in [6, 6.07) is 2.02. The van der Waals surface area contributed by atoms with E-state index >= 15 is 0 Å². The van der Waals surface area contributed by atoms with Crippen molar-refractivity contribution in [3.63, 3.8) is 0 Å². The van der Waals surface area contributed by atoms with E-state index in [0.29, 0.717) is 9.74 Å². The Balaban J connectivity index is 2.23. The van der Waals surface area contributed by atoms with Gasteiger partial charge in [-0.1, -0.05) is 12.2 Å². The van der Waals surface area contributed by atoms with Crippen LogP contribution in [-0.4, -0.2) is 27.5 Å². The molecule has 1 fully saturated rings.